The Hall–Kier alpha value is -3.85. The molecule has 0 fully saturated rings. The molecule has 0 aliphatic rings. The molecule has 5 rings (SSSR count). The lowest BCUT2D eigenvalue weighted by Gasteiger charge is -2.12. The summed E-state index contributed by atoms with van der Waals surface area (Å²) >= 11 is 0. The molecule has 3 heteroatoms. The molecule has 3 nitrogen and oxygen atoms in total. The largest absolute Gasteiger partial charge is 0.361 e. The van der Waals surface area contributed by atoms with Crippen molar-refractivity contribution in [2.75, 3.05) is 0 Å². The third-order valence-corrected chi connectivity index (χ3v) is 6.88. The number of aryl methyl sites for hydroxylation is 3. The normalized spacial score (nSPS) is 11.3. The quantitative estimate of drug-likeness (QED) is 0.224. The molecule has 35 heavy (non-hydrogen) atoms. The van der Waals surface area contributed by atoms with Crippen LogP contribution in [-0.4, -0.2) is 15.3 Å². The van der Waals surface area contributed by atoms with Gasteiger partial charge < -0.3 is 9.55 Å². The number of nitrogens with one attached hydrogen (secondary N) is 1. The number of ketones is 1. The second-order valence-electron chi connectivity index (χ2n) is 9.33. The Morgan fingerprint density at radius 3 is 2.40 bits per heavy atom. The Balaban J connectivity index is 1.59. The smallest absolute Gasteiger partial charge is 0.195 e. The van der Waals surface area contributed by atoms with Gasteiger partial charge in [0.1, 0.15) is 0 Å². The fourth-order valence-corrected chi connectivity index (χ4v) is 4.93. The molecular weight excluding hydrogens is 428 g/mol. The van der Waals surface area contributed by atoms with Gasteiger partial charge in [-0.25, -0.2) is 0 Å². The zero-order valence-corrected chi connectivity index (χ0v) is 20.6. The molecule has 0 saturated carbocycles. The number of aromatic nitrogens is 2. The van der Waals surface area contributed by atoms with Gasteiger partial charge in [0, 0.05) is 46.7 Å². The van der Waals surface area contributed by atoms with Crippen molar-refractivity contribution in [2.24, 2.45) is 0 Å². The van der Waals surface area contributed by atoms with E-state index in [0.29, 0.717) is 0 Å². The molecule has 176 valence electrons. The molecule has 0 radical (unpaired) electrons. The molecule has 1 N–H and O–H groups in total. The molecule has 0 unspecified atom stereocenters. The number of hydrogen-bond acceptors (Lipinski definition) is 1. The maximum atomic E-state index is 13.9. The van der Waals surface area contributed by atoms with Gasteiger partial charge in [-0.3, -0.25) is 4.79 Å². The van der Waals surface area contributed by atoms with Crippen molar-refractivity contribution in [3.63, 3.8) is 0 Å². The molecule has 2 aromatic heterocycles. The van der Waals surface area contributed by atoms with Crippen LogP contribution < -0.4 is 0 Å². The van der Waals surface area contributed by atoms with Gasteiger partial charge in [0.25, 0.3) is 0 Å². The van der Waals surface area contributed by atoms with Crippen LogP contribution in [0.15, 0.2) is 91.3 Å². The molecule has 0 spiro atoms. The highest BCUT2D eigenvalue weighted by atomic mass is 16.1. The zero-order chi connectivity index (χ0) is 24.2. The van der Waals surface area contributed by atoms with Gasteiger partial charge in [-0.1, -0.05) is 91.7 Å². The molecule has 0 aliphatic carbocycles. The molecule has 3 aromatic carbocycles. The van der Waals surface area contributed by atoms with Crippen LogP contribution in [0.3, 0.4) is 0 Å². The highest BCUT2D eigenvalue weighted by Gasteiger charge is 2.24. The van der Waals surface area contributed by atoms with E-state index in [1.807, 2.05) is 42.5 Å². The third-order valence-electron chi connectivity index (χ3n) is 6.88. The Morgan fingerprint density at radius 2 is 1.63 bits per heavy atom. The lowest BCUT2D eigenvalue weighted by molar-refractivity contribution is 0.103. The molecule has 5 aromatic rings. The van der Waals surface area contributed by atoms with Crippen LogP contribution in [-0.2, 0) is 19.4 Å². The summed E-state index contributed by atoms with van der Waals surface area (Å²) in [6.45, 7) is 5.10. The van der Waals surface area contributed by atoms with Crippen LogP contribution in [0.4, 0.5) is 0 Å². The van der Waals surface area contributed by atoms with Crippen LogP contribution >= 0.6 is 0 Å². The highest BCUT2D eigenvalue weighted by molar-refractivity contribution is 6.13. The number of para-hydroxylation sites is 1. The molecule has 0 atom stereocenters. The van der Waals surface area contributed by atoms with Crippen molar-refractivity contribution in [3.05, 3.63) is 119 Å². The minimum absolute atomic E-state index is 0.112. The first-order valence-corrected chi connectivity index (χ1v) is 12.6. The van der Waals surface area contributed by atoms with Gasteiger partial charge in [-0.2, -0.15) is 0 Å². The number of aromatic amines is 1. The van der Waals surface area contributed by atoms with Crippen LogP contribution in [0, 0.1) is 6.92 Å². The summed E-state index contributed by atoms with van der Waals surface area (Å²) < 4.78 is 2.33. The number of fused-ring (bicyclic) bond motifs is 1. The second-order valence-corrected chi connectivity index (χ2v) is 9.33. The average molecular weight is 461 g/mol. The van der Waals surface area contributed by atoms with E-state index >= 15 is 0 Å². The topological polar surface area (TPSA) is 37.8 Å². The fraction of sp³-hybridized carbons (Fsp3) is 0.219. The van der Waals surface area contributed by atoms with Gasteiger partial charge in [-0.15, -0.1) is 0 Å². The Morgan fingerprint density at radius 1 is 0.886 bits per heavy atom. The lowest BCUT2D eigenvalue weighted by atomic mass is 9.94. The van der Waals surface area contributed by atoms with E-state index in [-0.39, 0.29) is 5.78 Å². The Kier molecular flexibility index (Phi) is 6.67. The maximum Gasteiger partial charge on any atom is 0.195 e. The minimum Gasteiger partial charge on any atom is -0.361 e. The first kappa shape index (κ1) is 22.9. The van der Waals surface area contributed by atoms with Crippen LogP contribution in [0.2, 0.25) is 0 Å². The van der Waals surface area contributed by atoms with Gasteiger partial charge in [-0.05, 0) is 43.4 Å². The van der Waals surface area contributed by atoms with Gasteiger partial charge in [0.05, 0.1) is 5.56 Å². The first-order valence-electron chi connectivity index (χ1n) is 12.6. The van der Waals surface area contributed by atoms with Crippen LogP contribution in [0.5, 0.6) is 0 Å². The lowest BCUT2D eigenvalue weighted by Crippen LogP contribution is -2.10. The molecular formula is C32H32N2O. The Bertz CT molecular complexity index is 1440. The zero-order valence-electron chi connectivity index (χ0n) is 20.6. The summed E-state index contributed by atoms with van der Waals surface area (Å²) in [6, 6.07) is 26.7. The van der Waals surface area contributed by atoms with Crippen molar-refractivity contribution in [1.82, 2.24) is 9.55 Å². The predicted octanol–water partition coefficient (Wildman–Crippen LogP) is 7.76. The first-order chi connectivity index (χ1) is 17.2. The maximum absolute atomic E-state index is 13.9. The summed E-state index contributed by atoms with van der Waals surface area (Å²) in [6.07, 6.45) is 8.27. The fourth-order valence-electron chi connectivity index (χ4n) is 4.93. The number of hydrogen-bond donors (Lipinski definition) is 1. The highest BCUT2D eigenvalue weighted by Crippen LogP contribution is 2.32. The number of rotatable bonds is 9. The standard InChI is InChI=1S/C32H32N2O/c1-3-4-14-30-31(32(35)25-17-15-23(2)16-18-25)28(24-10-6-5-7-11-24)22-34(30)20-19-26-21-33-29-13-9-8-12-27(26)29/h5-13,15-18,21-22,33H,3-4,14,19-20H2,1-2H3. The third kappa shape index (κ3) is 4.72. The van der Waals surface area contributed by atoms with Crippen molar-refractivity contribution < 1.29 is 4.79 Å². The number of benzene rings is 3. The minimum atomic E-state index is 0.112. The van der Waals surface area contributed by atoms with Gasteiger partial charge >= 0.3 is 0 Å². The molecule has 0 saturated heterocycles. The average Bonchev–Trinajstić information content (AvgIpc) is 3.48. The van der Waals surface area contributed by atoms with E-state index in [9.17, 15) is 4.79 Å². The van der Waals surface area contributed by atoms with Gasteiger partial charge in [0.15, 0.2) is 5.78 Å². The van der Waals surface area contributed by atoms with E-state index in [2.05, 4.69) is 72.2 Å². The van der Waals surface area contributed by atoms with Gasteiger partial charge in [0.2, 0.25) is 0 Å². The van der Waals surface area contributed by atoms with Crippen LogP contribution in [0.25, 0.3) is 22.0 Å². The number of carbonyl (C=O) groups excluding carboxylic acids is 1. The summed E-state index contributed by atoms with van der Waals surface area (Å²) in [5.74, 6) is 0.112. The van der Waals surface area contributed by atoms with Crippen molar-refractivity contribution >= 4 is 16.7 Å². The second kappa shape index (κ2) is 10.2. The summed E-state index contributed by atoms with van der Waals surface area (Å²) in [5, 5.41) is 1.27. The number of unbranched alkanes of at least 4 members (excludes halogenated alkanes) is 1. The SMILES string of the molecule is CCCCc1c(C(=O)c2ccc(C)cc2)c(-c2ccccc2)cn1CCc1c[nH]c2ccccc12. The summed E-state index contributed by atoms with van der Waals surface area (Å²) in [7, 11) is 0. The molecule has 0 amide bonds. The Labute approximate surface area is 207 Å². The molecule has 0 bridgehead atoms. The number of H-pyrrole nitrogens is 1. The summed E-state index contributed by atoms with van der Waals surface area (Å²) in [5.41, 5.74) is 8.51. The molecule has 2 heterocycles. The van der Waals surface area contributed by atoms with Crippen LogP contribution in [0.1, 0.15) is 52.5 Å². The monoisotopic (exact) mass is 460 g/mol. The molecule has 0 aliphatic heterocycles. The number of nitrogens with zero attached hydrogens (tertiary/aromatic N) is 1. The van der Waals surface area contributed by atoms with E-state index in [0.717, 1.165) is 65.7 Å². The van der Waals surface area contributed by atoms with Crippen molar-refractivity contribution in [2.45, 2.75) is 46.1 Å². The van der Waals surface area contributed by atoms with E-state index in [1.165, 1.54) is 16.5 Å². The number of carbonyl (C=O) groups is 1. The van der Waals surface area contributed by atoms with Crippen molar-refractivity contribution in [1.29, 1.82) is 0 Å². The van der Waals surface area contributed by atoms with E-state index < -0.39 is 0 Å². The van der Waals surface area contributed by atoms with E-state index in [1.54, 1.807) is 0 Å². The van der Waals surface area contributed by atoms with E-state index in [4.69, 9.17) is 0 Å². The predicted molar refractivity (Wildman–Crippen MR) is 145 cm³/mol. The summed E-state index contributed by atoms with van der Waals surface area (Å²) in [4.78, 5) is 17.3. The van der Waals surface area contributed by atoms with Crippen molar-refractivity contribution in [3.8, 4) is 11.1 Å².